The van der Waals surface area contributed by atoms with Gasteiger partial charge in [0.15, 0.2) is 0 Å². The fourth-order valence-electron chi connectivity index (χ4n) is 1.28. The third-order valence-corrected chi connectivity index (χ3v) is 2.90. The number of carboxylic acid groups (broad SMARTS) is 1. The molecule has 6 heteroatoms. The molecule has 0 fully saturated rings. The van der Waals surface area contributed by atoms with Crippen molar-refractivity contribution in [3.8, 4) is 0 Å². The zero-order valence-corrected chi connectivity index (χ0v) is 9.27. The highest BCUT2D eigenvalue weighted by atomic mass is 32.1. The van der Waals surface area contributed by atoms with Crippen LogP contribution < -0.4 is 0 Å². The van der Waals surface area contributed by atoms with Gasteiger partial charge in [-0.15, -0.1) is 11.3 Å². The van der Waals surface area contributed by atoms with Gasteiger partial charge in [-0.3, -0.25) is 4.79 Å². The fourth-order valence-corrected chi connectivity index (χ4v) is 2.00. The summed E-state index contributed by atoms with van der Waals surface area (Å²) < 4.78 is 0.852. The Morgan fingerprint density at radius 2 is 2.06 bits per heavy atom. The molecule has 0 amide bonds. The lowest BCUT2D eigenvalue weighted by Crippen LogP contribution is -2.09. The van der Waals surface area contributed by atoms with E-state index < -0.39 is 11.8 Å². The maximum atomic E-state index is 10.9. The molecule has 0 aliphatic rings. The number of hydrogen-bond donors (Lipinski definition) is 2. The molecule has 0 unspecified atom stereocenters. The van der Waals surface area contributed by atoms with Crippen molar-refractivity contribution in [2.45, 2.75) is 0 Å². The second-order valence-corrected chi connectivity index (χ2v) is 4.12. The summed E-state index contributed by atoms with van der Waals surface area (Å²) in [5, 5.41) is 18.0. The molecule has 2 rings (SSSR count). The molecule has 86 valence electrons. The largest absolute Gasteiger partial charge is 0.507 e. The quantitative estimate of drug-likeness (QED) is 0.492. The minimum absolute atomic E-state index is 0.368. The van der Waals surface area contributed by atoms with E-state index in [1.807, 2.05) is 0 Å². The summed E-state index contributed by atoms with van der Waals surface area (Å²) in [6, 6.07) is 4.91. The van der Waals surface area contributed by atoms with E-state index >= 15 is 0 Å². The van der Waals surface area contributed by atoms with Crippen molar-refractivity contribution in [3.63, 3.8) is 0 Å². The van der Waals surface area contributed by atoms with Crippen LogP contribution in [0.4, 0.5) is 0 Å². The lowest BCUT2D eigenvalue weighted by molar-refractivity contribution is -0.146. The highest BCUT2D eigenvalue weighted by Gasteiger charge is 2.11. The number of aliphatic hydroxyl groups excluding tert-OH is 1. The standard InChI is InChI=1S/C11H7NO4S/c13-8(4-9(14)11(15)16)6-1-2-7-10(3-6)17-5-12-7/h1-5,13H,(H,15,16)/b8-4-. The molecule has 0 atom stereocenters. The molecule has 2 N–H and O–H groups in total. The Hall–Kier alpha value is -2.21. The van der Waals surface area contributed by atoms with Crippen LogP contribution in [0.25, 0.3) is 16.0 Å². The van der Waals surface area contributed by atoms with Crippen molar-refractivity contribution in [2.75, 3.05) is 0 Å². The lowest BCUT2D eigenvalue weighted by Gasteiger charge is -1.99. The molecular weight excluding hydrogens is 242 g/mol. The normalized spacial score (nSPS) is 11.6. The van der Waals surface area contributed by atoms with Crippen molar-refractivity contribution in [2.24, 2.45) is 0 Å². The third kappa shape index (κ3) is 2.31. The first-order valence-electron chi connectivity index (χ1n) is 4.59. The summed E-state index contributed by atoms with van der Waals surface area (Å²) in [5.74, 6) is -3.13. The van der Waals surface area contributed by atoms with Crippen molar-refractivity contribution >= 4 is 39.1 Å². The van der Waals surface area contributed by atoms with E-state index in [1.165, 1.54) is 11.3 Å². The van der Waals surface area contributed by atoms with E-state index in [1.54, 1.807) is 23.7 Å². The predicted octanol–water partition coefficient (Wildman–Crippen LogP) is 1.85. The number of carbonyl (C=O) groups excluding carboxylic acids is 1. The number of aliphatic carboxylic acids is 1. The molecule has 0 saturated heterocycles. The number of thiazole rings is 1. The van der Waals surface area contributed by atoms with Crippen LogP contribution in [0, 0.1) is 0 Å². The van der Waals surface area contributed by atoms with Crippen LogP contribution in [0.1, 0.15) is 5.56 Å². The lowest BCUT2D eigenvalue weighted by atomic mass is 10.1. The first kappa shape index (κ1) is 11.3. The summed E-state index contributed by atoms with van der Waals surface area (Å²) in [5.41, 5.74) is 2.84. The van der Waals surface area contributed by atoms with Gasteiger partial charge in [0.1, 0.15) is 5.76 Å². The van der Waals surface area contributed by atoms with E-state index in [0.29, 0.717) is 11.6 Å². The van der Waals surface area contributed by atoms with Crippen LogP contribution in [-0.2, 0) is 9.59 Å². The summed E-state index contributed by atoms with van der Waals surface area (Å²) in [6.07, 6.45) is 0.685. The maximum Gasteiger partial charge on any atom is 0.376 e. The predicted molar refractivity (Wildman–Crippen MR) is 62.9 cm³/mol. The molecule has 0 bridgehead atoms. The van der Waals surface area contributed by atoms with Crippen LogP contribution in [-0.4, -0.2) is 26.9 Å². The number of fused-ring (bicyclic) bond motifs is 1. The van der Waals surface area contributed by atoms with E-state index in [2.05, 4.69) is 4.98 Å². The highest BCUT2D eigenvalue weighted by Crippen LogP contribution is 2.22. The second kappa shape index (κ2) is 4.34. The molecule has 5 nitrogen and oxygen atoms in total. The van der Waals surface area contributed by atoms with Crippen LogP contribution in [0.15, 0.2) is 29.8 Å². The Kier molecular flexibility index (Phi) is 2.88. The van der Waals surface area contributed by atoms with Gasteiger partial charge < -0.3 is 10.2 Å². The Morgan fingerprint density at radius 3 is 2.76 bits per heavy atom. The number of aliphatic hydroxyl groups is 1. The maximum absolute atomic E-state index is 10.9. The first-order chi connectivity index (χ1) is 8.08. The Labute approximate surface area is 99.7 Å². The van der Waals surface area contributed by atoms with E-state index in [0.717, 1.165) is 10.2 Å². The summed E-state index contributed by atoms with van der Waals surface area (Å²) >= 11 is 1.39. The monoisotopic (exact) mass is 249 g/mol. The summed E-state index contributed by atoms with van der Waals surface area (Å²) in [7, 11) is 0. The Balaban J connectivity index is 2.39. The third-order valence-electron chi connectivity index (χ3n) is 2.11. The number of nitrogens with zero attached hydrogens (tertiary/aromatic N) is 1. The Morgan fingerprint density at radius 1 is 1.29 bits per heavy atom. The topological polar surface area (TPSA) is 87.5 Å². The molecule has 17 heavy (non-hydrogen) atoms. The van der Waals surface area contributed by atoms with Gasteiger partial charge in [0.25, 0.3) is 5.78 Å². The van der Waals surface area contributed by atoms with E-state index in [9.17, 15) is 14.7 Å². The molecule has 0 saturated carbocycles. The van der Waals surface area contributed by atoms with E-state index in [-0.39, 0.29) is 5.76 Å². The number of carbonyl (C=O) groups is 2. The van der Waals surface area contributed by atoms with Gasteiger partial charge >= 0.3 is 5.97 Å². The molecule has 0 spiro atoms. The second-order valence-electron chi connectivity index (χ2n) is 3.23. The Bertz CT molecular complexity index is 629. The molecule has 0 aliphatic heterocycles. The van der Waals surface area contributed by atoms with Crippen LogP contribution >= 0.6 is 11.3 Å². The smallest absolute Gasteiger partial charge is 0.376 e. The minimum Gasteiger partial charge on any atom is -0.507 e. The number of benzene rings is 1. The first-order valence-corrected chi connectivity index (χ1v) is 5.47. The van der Waals surface area contributed by atoms with Gasteiger partial charge in [0.05, 0.1) is 15.7 Å². The number of aromatic nitrogens is 1. The van der Waals surface area contributed by atoms with Crippen LogP contribution in [0.3, 0.4) is 0 Å². The van der Waals surface area contributed by atoms with Gasteiger partial charge in [0, 0.05) is 11.6 Å². The number of carboxylic acids is 1. The molecule has 1 aromatic heterocycles. The summed E-state index contributed by atoms with van der Waals surface area (Å²) in [4.78, 5) is 25.3. The number of rotatable bonds is 3. The zero-order valence-electron chi connectivity index (χ0n) is 8.45. The van der Waals surface area contributed by atoms with Crippen LogP contribution in [0.5, 0.6) is 0 Å². The fraction of sp³-hybridized carbons (Fsp3) is 0. The van der Waals surface area contributed by atoms with Crippen molar-refractivity contribution < 1.29 is 19.8 Å². The minimum atomic E-state index is -1.60. The van der Waals surface area contributed by atoms with Crippen molar-refractivity contribution in [1.82, 2.24) is 4.98 Å². The van der Waals surface area contributed by atoms with Gasteiger partial charge in [-0.2, -0.15) is 0 Å². The van der Waals surface area contributed by atoms with Crippen molar-refractivity contribution in [1.29, 1.82) is 0 Å². The SMILES string of the molecule is O=C(O)C(=O)/C=C(\O)c1ccc2ncsc2c1. The molecule has 1 heterocycles. The van der Waals surface area contributed by atoms with Gasteiger partial charge in [-0.1, -0.05) is 0 Å². The molecule has 2 aromatic rings. The zero-order chi connectivity index (χ0) is 12.4. The molecular formula is C11H7NO4S. The summed E-state index contributed by atoms with van der Waals surface area (Å²) in [6.45, 7) is 0. The number of hydrogen-bond acceptors (Lipinski definition) is 5. The molecule has 1 aromatic carbocycles. The van der Waals surface area contributed by atoms with Gasteiger partial charge in [-0.25, -0.2) is 9.78 Å². The number of ketones is 1. The van der Waals surface area contributed by atoms with Gasteiger partial charge in [0.2, 0.25) is 0 Å². The average Bonchev–Trinajstić information content (AvgIpc) is 2.75. The van der Waals surface area contributed by atoms with Crippen LogP contribution in [0.2, 0.25) is 0 Å². The molecule has 0 aliphatic carbocycles. The molecule has 0 radical (unpaired) electrons. The van der Waals surface area contributed by atoms with E-state index in [4.69, 9.17) is 5.11 Å². The van der Waals surface area contributed by atoms with Crippen molar-refractivity contribution in [3.05, 3.63) is 35.3 Å². The average molecular weight is 249 g/mol. The highest BCUT2D eigenvalue weighted by molar-refractivity contribution is 7.16. The van der Waals surface area contributed by atoms with Gasteiger partial charge in [-0.05, 0) is 18.2 Å².